The third-order valence-corrected chi connectivity index (χ3v) is 4.48. The lowest BCUT2D eigenvalue weighted by atomic mass is 9.92. The van der Waals surface area contributed by atoms with Crippen molar-refractivity contribution in [2.45, 2.75) is 58.2 Å². The quantitative estimate of drug-likeness (QED) is 0.859. The van der Waals surface area contributed by atoms with Gasteiger partial charge in [-0.1, -0.05) is 20.8 Å². The fourth-order valence-electron chi connectivity index (χ4n) is 3.08. The second-order valence-corrected chi connectivity index (χ2v) is 7.42. The molecule has 1 unspecified atom stereocenters. The molecule has 1 fully saturated rings. The van der Waals surface area contributed by atoms with Gasteiger partial charge in [0.2, 0.25) is 0 Å². The predicted molar refractivity (Wildman–Crippen MR) is 92.7 cm³/mol. The Hall–Kier alpha value is -2.08. The molecule has 6 heteroatoms. The van der Waals surface area contributed by atoms with Crippen LogP contribution in [-0.2, 0) is 18.5 Å². The maximum atomic E-state index is 12.2. The molecule has 0 aromatic carbocycles. The Labute approximate surface area is 142 Å². The van der Waals surface area contributed by atoms with Crippen LogP contribution in [0.15, 0.2) is 35.4 Å². The maximum Gasteiger partial charge on any atom is 0.266 e. The first-order valence-electron chi connectivity index (χ1n) is 8.52. The van der Waals surface area contributed by atoms with Crippen molar-refractivity contribution in [2.24, 2.45) is 0 Å². The normalized spacial score (nSPS) is 18.9. The van der Waals surface area contributed by atoms with Crippen molar-refractivity contribution in [1.29, 1.82) is 0 Å². The van der Waals surface area contributed by atoms with Crippen LogP contribution in [0.3, 0.4) is 0 Å². The molecule has 1 saturated heterocycles. The van der Waals surface area contributed by atoms with Crippen LogP contribution >= 0.6 is 0 Å². The van der Waals surface area contributed by atoms with Crippen LogP contribution < -0.4 is 5.56 Å². The van der Waals surface area contributed by atoms with E-state index in [1.807, 2.05) is 12.1 Å². The number of rotatable bonds is 4. The van der Waals surface area contributed by atoms with E-state index in [2.05, 4.69) is 40.7 Å². The third-order valence-electron chi connectivity index (χ3n) is 4.48. The summed E-state index contributed by atoms with van der Waals surface area (Å²) in [6.07, 6.45) is 5.74. The molecule has 1 atom stereocenters. The first-order chi connectivity index (χ1) is 11.4. The van der Waals surface area contributed by atoms with E-state index in [1.165, 1.54) is 0 Å². The molecule has 0 spiro atoms. The number of likely N-dealkylation sites (tertiary alicyclic amines) is 1. The molecule has 0 bridgehead atoms. The number of aromatic nitrogens is 4. The van der Waals surface area contributed by atoms with E-state index in [4.69, 9.17) is 0 Å². The van der Waals surface area contributed by atoms with Gasteiger partial charge in [-0.15, -0.1) is 0 Å². The van der Waals surface area contributed by atoms with Crippen LogP contribution in [0.5, 0.6) is 0 Å². The molecule has 1 aliphatic heterocycles. The molecule has 3 heterocycles. The number of hydrogen-bond donors (Lipinski definition) is 0. The second kappa shape index (κ2) is 6.81. The van der Waals surface area contributed by atoms with Crippen molar-refractivity contribution in [2.75, 3.05) is 6.54 Å². The van der Waals surface area contributed by atoms with Gasteiger partial charge in [-0.3, -0.25) is 9.69 Å². The molecule has 1 aliphatic rings. The number of nitrogens with zero attached hydrogens (tertiary/aromatic N) is 5. The standard InChI is InChI=1S/C18H25N5O/c1-18(2,3)15-7-8-17(24)23(21-15)12-14-6-4-11-22(14)13-16-19-9-5-10-20-16/h5,7-10,14H,4,6,11-13H2,1-3H3. The molecule has 0 aliphatic carbocycles. The summed E-state index contributed by atoms with van der Waals surface area (Å²) in [5.41, 5.74) is 0.840. The van der Waals surface area contributed by atoms with Crippen molar-refractivity contribution in [3.05, 3.63) is 52.5 Å². The minimum atomic E-state index is -0.0668. The van der Waals surface area contributed by atoms with Crippen molar-refractivity contribution in [3.8, 4) is 0 Å². The molecule has 2 aromatic rings. The first-order valence-corrected chi connectivity index (χ1v) is 8.52. The highest BCUT2D eigenvalue weighted by Gasteiger charge is 2.26. The molecule has 6 nitrogen and oxygen atoms in total. The lowest BCUT2D eigenvalue weighted by Crippen LogP contribution is -2.37. The van der Waals surface area contributed by atoms with E-state index >= 15 is 0 Å². The summed E-state index contributed by atoms with van der Waals surface area (Å²) in [5, 5.41) is 4.59. The van der Waals surface area contributed by atoms with Crippen LogP contribution in [0.2, 0.25) is 0 Å². The summed E-state index contributed by atoms with van der Waals surface area (Å²) in [6, 6.07) is 5.59. The van der Waals surface area contributed by atoms with Gasteiger partial charge in [0.05, 0.1) is 18.8 Å². The van der Waals surface area contributed by atoms with Crippen LogP contribution in [0.1, 0.15) is 45.1 Å². The minimum absolute atomic E-state index is 0.0363. The number of hydrogen-bond acceptors (Lipinski definition) is 5. The monoisotopic (exact) mass is 327 g/mol. The molecule has 0 amide bonds. The van der Waals surface area contributed by atoms with Crippen molar-refractivity contribution in [1.82, 2.24) is 24.6 Å². The van der Waals surface area contributed by atoms with Gasteiger partial charge in [-0.2, -0.15) is 5.10 Å². The van der Waals surface area contributed by atoms with Gasteiger partial charge in [0, 0.05) is 29.9 Å². The van der Waals surface area contributed by atoms with Gasteiger partial charge in [-0.05, 0) is 31.5 Å². The molecule has 128 valence electrons. The molecule has 3 rings (SSSR count). The zero-order valence-corrected chi connectivity index (χ0v) is 14.6. The summed E-state index contributed by atoms with van der Waals surface area (Å²) in [5.74, 6) is 0.827. The van der Waals surface area contributed by atoms with E-state index in [0.29, 0.717) is 12.6 Å². The zero-order chi connectivity index (χ0) is 17.2. The molecule has 2 aromatic heterocycles. The van der Waals surface area contributed by atoms with Gasteiger partial charge >= 0.3 is 0 Å². The van der Waals surface area contributed by atoms with Crippen LogP contribution in [0, 0.1) is 0 Å². The Bertz CT molecular complexity index is 735. The fraction of sp³-hybridized carbons (Fsp3) is 0.556. The van der Waals surface area contributed by atoms with Gasteiger partial charge in [0.1, 0.15) is 5.82 Å². The van der Waals surface area contributed by atoms with Crippen LogP contribution in [0.25, 0.3) is 0 Å². The topological polar surface area (TPSA) is 63.9 Å². The van der Waals surface area contributed by atoms with E-state index in [1.54, 1.807) is 23.1 Å². The molecule has 24 heavy (non-hydrogen) atoms. The third kappa shape index (κ3) is 3.87. The van der Waals surface area contributed by atoms with Crippen molar-refractivity contribution in [3.63, 3.8) is 0 Å². The van der Waals surface area contributed by atoms with E-state index in [0.717, 1.165) is 37.4 Å². The lowest BCUT2D eigenvalue weighted by Gasteiger charge is -2.25. The summed E-state index contributed by atoms with van der Waals surface area (Å²) in [6.45, 7) is 8.68. The summed E-state index contributed by atoms with van der Waals surface area (Å²) < 4.78 is 1.62. The summed E-state index contributed by atoms with van der Waals surface area (Å²) >= 11 is 0. The Kier molecular flexibility index (Phi) is 4.76. The van der Waals surface area contributed by atoms with E-state index < -0.39 is 0 Å². The van der Waals surface area contributed by atoms with Crippen LogP contribution in [-0.4, -0.2) is 37.2 Å². The maximum absolute atomic E-state index is 12.2. The average molecular weight is 327 g/mol. The molecule has 0 N–H and O–H groups in total. The lowest BCUT2D eigenvalue weighted by molar-refractivity contribution is 0.211. The highest BCUT2D eigenvalue weighted by Crippen LogP contribution is 2.21. The Morgan fingerprint density at radius 3 is 2.67 bits per heavy atom. The van der Waals surface area contributed by atoms with E-state index in [-0.39, 0.29) is 11.0 Å². The second-order valence-electron chi connectivity index (χ2n) is 7.42. The van der Waals surface area contributed by atoms with Gasteiger partial charge in [0.15, 0.2) is 0 Å². The summed E-state index contributed by atoms with van der Waals surface area (Å²) in [4.78, 5) is 23.2. The fourth-order valence-corrected chi connectivity index (χ4v) is 3.08. The van der Waals surface area contributed by atoms with Gasteiger partial charge in [0.25, 0.3) is 5.56 Å². The van der Waals surface area contributed by atoms with Gasteiger partial charge < -0.3 is 0 Å². The molecule has 0 radical (unpaired) electrons. The molecule has 0 saturated carbocycles. The van der Waals surface area contributed by atoms with Crippen molar-refractivity contribution < 1.29 is 0 Å². The highest BCUT2D eigenvalue weighted by molar-refractivity contribution is 5.10. The molecular formula is C18H25N5O. The Morgan fingerprint density at radius 2 is 1.96 bits per heavy atom. The first kappa shape index (κ1) is 16.8. The average Bonchev–Trinajstić information content (AvgIpc) is 2.96. The minimum Gasteiger partial charge on any atom is -0.291 e. The van der Waals surface area contributed by atoms with Gasteiger partial charge in [-0.25, -0.2) is 14.6 Å². The largest absolute Gasteiger partial charge is 0.291 e. The van der Waals surface area contributed by atoms with Crippen molar-refractivity contribution >= 4 is 0 Å². The predicted octanol–water partition coefficient (Wildman–Crippen LogP) is 2.00. The zero-order valence-electron chi connectivity index (χ0n) is 14.6. The van der Waals surface area contributed by atoms with E-state index in [9.17, 15) is 4.79 Å². The Balaban J connectivity index is 1.76. The summed E-state index contributed by atoms with van der Waals surface area (Å²) in [7, 11) is 0. The van der Waals surface area contributed by atoms with Crippen LogP contribution in [0.4, 0.5) is 0 Å². The molecular weight excluding hydrogens is 302 g/mol. The SMILES string of the molecule is CC(C)(C)c1ccc(=O)n(CC2CCCN2Cc2ncccn2)n1. The smallest absolute Gasteiger partial charge is 0.266 e. The Morgan fingerprint density at radius 1 is 1.21 bits per heavy atom. The highest BCUT2D eigenvalue weighted by atomic mass is 16.1.